The maximum absolute atomic E-state index is 11.1. The number of aliphatic hydroxyl groups is 1. The van der Waals surface area contributed by atoms with E-state index >= 15 is 0 Å². The topological polar surface area (TPSA) is 41.9 Å². The molecule has 1 fully saturated rings. The summed E-state index contributed by atoms with van der Waals surface area (Å²) in [5, 5.41) is 11.1. The first kappa shape index (κ1) is 19.4. The van der Waals surface area contributed by atoms with Crippen LogP contribution in [0.2, 0.25) is 0 Å². The Balaban J connectivity index is 0.00000196. The van der Waals surface area contributed by atoms with Crippen molar-refractivity contribution in [3.05, 3.63) is 69.9 Å². The van der Waals surface area contributed by atoms with Crippen LogP contribution in [0.3, 0.4) is 0 Å². The van der Waals surface area contributed by atoms with Gasteiger partial charge in [-0.05, 0) is 23.8 Å². The van der Waals surface area contributed by atoms with Gasteiger partial charge in [-0.3, -0.25) is 4.90 Å². The molecule has 0 radical (unpaired) electrons. The molecule has 138 valence electrons. The average molecular weight is 439 g/mol. The van der Waals surface area contributed by atoms with Crippen LogP contribution in [-0.2, 0) is 4.74 Å². The quantitative estimate of drug-likeness (QED) is 0.785. The second-order valence-electron chi connectivity index (χ2n) is 6.28. The lowest BCUT2D eigenvalue weighted by molar-refractivity contribution is 0.0381. The minimum absolute atomic E-state index is 0. The largest absolute Gasteiger partial charge is 0.460 e. The van der Waals surface area contributed by atoms with Crippen LogP contribution < -0.4 is 4.74 Å². The van der Waals surface area contributed by atoms with Crippen LogP contribution in [-0.4, -0.2) is 42.9 Å². The fourth-order valence-electron chi connectivity index (χ4n) is 3.34. The van der Waals surface area contributed by atoms with E-state index in [9.17, 15) is 5.11 Å². The number of aliphatic hydroxyl groups excluding tert-OH is 1. The van der Waals surface area contributed by atoms with Gasteiger partial charge in [-0.15, -0.1) is 12.4 Å². The predicted molar refractivity (Wildman–Crippen MR) is 108 cm³/mol. The van der Waals surface area contributed by atoms with Gasteiger partial charge >= 0.3 is 0 Å². The van der Waals surface area contributed by atoms with Crippen LogP contribution in [0.15, 0.2) is 58.8 Å². The van der Waals surface area contributed by atoms with E-state index in [1.165, 1.54) is 0 Å². The molecule has 1 N–H and O–H groups in total. The van der Waals surface area contributed by atoms with Gasteiger partial charge in [-0.2, -0.15) is 0 Å². The van der Waals surface area contributed by atoms with Gasteiger partial charge in [-0.25, -0.2) is 0 Å². The third kappa shape index (κ3) is 3.97. The summed E-state index contributed by atoms with van der Waals surface area (Å²) >= 11 is 3.48. The summed E-state index contributed by atoms with van der Waals surface area (Å²) in [7, 11) is 0. The Morgan fingerprint density at radius 1 is 1.08 bits per heavy atom. The third-order valence-corrected chi connectivity index (χ3v) is 5.12. The Kier molecular flexibility index (Phi) is 6.37. The van der Waals surface area contributed by atoms with Gasteiger partial charge in [0.05, 0.1) is 19.8 Å². The second-order valence-corrected chi connectivity index (χ2v) is 7.19. The summed E-state index contributed by atoms with van der Waals surface area (Å²) in [5.41, 5.74) is 2.63. The maximum atomic E-state index is 11.1. The maximum Gasteiger partial charge on any atom is 0.133 e. The number of rotatable bonds is 3. The molecule has 2 aromatic rings. The Labute approximate surface area is 168 Å². The van der Waals surface area contributed by atoms with Crippen molar-refractivity contribution in [1.82, 2.24) is 4.90 Å². The number of fused-ring (bicyclic) bond motifs is 1. The van der Waals surface area contributed by atoms with E-state index < -0.39 is 6.10 Å². The molecule has 0 bridgehead atoms. The monoisotopic (exact) mass is 437 g/mol. The highest BCUT2D eigenvalue weighted by molar-refractivity contribution is 9.10. The number of hydrogen-bond donors (Lipinski definition) is 1. The smallest absolute Gasteiger partial charge is 0.133 e. The minimum Gasteiger partial charge on any atom is -0.460 e. The third-order valence-electron chi connectivity index (χ3n) is 4.63. The van der Waals surface area contributed by atoms with Crippen molar-refractivity contribution in [3.63, 3.8) is 0 Å². The number of hydrogen-bond acceptors (Lipinski definition) is 4. The molecule has 0 amide bonds. The van der Waals surface area contributed by atoms with Crippen LogP contribution >= 0.6 is 28.3 Å². The molecule has 4 nitrogen and oxygen atoms in total. The van der Waals surface area contributed by atoms with Gasteiger partial charge in [0.25, 0.3) is 0 Å². The molecular weight excluding hydrogens is 418 g/mol. The van der Waals surface area contributed by atoms with Crippen LogP contribution in [0.4, 0.5) is 0 Å². The molecule has 0 aromatic heterocycles. The van der Waals surface area contributed by atoms with Crippen molar-refractivity contribution in [1.29, 1.82) is 0 Å². The number of benzene rings is 2. The fourth-order valence-corrected chi connectivity index (χ4v) is 3.72. The second kappa shape index (κ2) is 8.55. The number of nitrogens with zero attached hydrogens (tertiary/aromatic N) is 1. The zero-order chi connectivity index (χ0) is 17.2. The molecule has 2 aliphatic heterocycles. The van der Waals surface area contributed by atoms with E-state index in [-0.39, 0.29) is 12.4 Å². The first-order valence-corrected chi connectivity index (χ1v) is 9.25. The molecular formula is C20H21BrClNO3. The number of halogens is 2. The van der Waals surface area contributed by atoms with Gasteiger partial charge in [0.2, 0.25) is 0 Å². The molecule has 1 saturated heterocycles. The van der Waals surface area contributed by atoms with E-state index in [1.54, 1.807) is 0 Å². The van der Waals surface area contributed by atoms with E-state index in [0.29, 0.717) is 6.54 Å². The van der Waals surface area contributed by atoms with Gasteiger partial charge in [0.15, 0.2) is 0 Å². The molecule has 2 aliphatic rings. The fraction of sp³-hybridized carbons (Fsp3) is 0.300. The molecule has 2 heterocycles. The van der Waals surface area contributed by atoms with Gasteiger partial charge in [-0.1, -0.05) is 46.3 Å². The zero-order valence-corrected chi connectivity index (χ0v) is 16.6. The van der Waals surface area contributed by atoms with E-state index in [0.717, 1.165) is 59.0 Å². The standard InChI is InChI=1S/C20H20BrNO3.ClH/c21-15-6-7-17-16(12-15)20(23)19(14-4-2-1-3-5-14)18(25-17)13-22-8-10-24-11-9-22;/h1-7,12,20,23H,8-11,13H2;1H. The van der Waals surface area contributed by atoms with Crippen molar-refractivity contribution in [2.75, 3.05) is 32.8 Å². The number of morpholine rings is 1. The van der Waals surface area contributed by atoms with Gasteiger partial charge < -0.3 is 14.6 Å². The van der Waals surface area contributed by atoms with Crippen LogP contribution in [0.25, 0.3) is 5.57 Å². The Morgan fingerprint density at radius 3 is 2.54 bits per heavy atom. The average Bonchev–Trinajstić information content (AvgIpc) is 2.64. The lowest BCUT2D eigenvalue weighted by Crippen LogP contribution is -2.39. The molecule has 26 heavy (non-hydrogen) atoms. The summed E-state index contributed by atoms with van der Waals surface area (Å²) in [6.45, 7) is 3.89. The summed E-state index contributed by atoms with van der Waals surface area (Å²) in [5.74, 6) is 1.54. The molecule has 1 atom stereocenters. The van der Waals surface area contributed by atoms with Crippen molar-refractivity contribution < 1.29 is 14.6 Å². The number of ether oxygens (including phenoxy) is 2. The van der Waals surface area contributed by atoms with Crippen LogP contribution in [0, 0.1) is 0 Å². The van der Waals surface area contributed by atoms with Crippen LogP contribution in [0.1, 0.15) is 17.2 Å². The van der Waals surface area contributed by atoms with E-state index in [1.807, 2.05) is 48.5 Å². The molecule has 1 unspecified atom stereocenters. The molecule has 0 spiro atoms. The predicted octanol–water partition coefficient (Wildman–Crippen LogP) is 4.04. The SMILES string of the molecule is Cl.OC1C(c2ccccc2)=C(CN2CCOCC2)Oc2ccc(Br)cc21. The lowest BCUT2D eigenvalue weighted by Gasteiger charge is -2.32. The lowest BCUT2D eigenvalue weighted by atomic mass is 9.91. The normalized spacial score (nSPS) is 20.2. The van der Waals surface area contributed by atoms with Gasteiger partial charge in [0.1, 0.15) is 17.6 Å². The first-order chi connectivity index (χ1) is 12.2. The molecule has 0 saturated carbocycles. The zero-order valence-electron chi connectivity index (χ0n) is 14.2. The van der Waals surface area contributed by atoms with Crippen molar-refractivity contribution in [3.8, 4) is 5.75 Å². The summed E-state index contributed by atoms with van der Waals surface area (Å²) < 4.78 is 12.6. The van der Waals surface area contributed by atoms with Crippen LogP contribution in [0.5, 0.6) is 5.75 Å². The summed E-state index contributed by atoms with van der Waals surface area (Å²) in [6.07, 6.45) is -0.709. The highest BCUT2D eigenvalue weighted by atomic mass is 79.9. The Bertz CT molecular complexity index is 791. The molecule has 6 heteroatoms. The molecule has 4 rings (SSSR count). The summed E-state index contributed by atoms with van der Waals surface area (Å²) in [6, 6.07) is 15.7. The van der Waals surface area contributed by atoms with Crippen molar-refractivity contribution in [2.45, 2.75) is 6.10 Å². The Hall–Kier alpha value is -1.37. The molecule has 0 aliphatic carbocycles. The van der Waals surface area contributed by atoms with Crippen molar-refractivity contribution >= 4 is 33.9 Å². The minimum atomic E-state index is -0.709. The highest BCUT2D eigenvalue weighted by Gasteiger charge is 2.30. The van der Waals surface area contributed by atoms with E-state index in [2.05, 4.69) is 20.8 Å². The molecule has 2 aromatic carbocycles. The van der Waals surface area contributed by atoms with Crippen molar-refractivity contribution in [2.24, 2.45) is 0 Å². The summed E-state index contributed by atoms with van der Waals surface area (Å²) in [4.78, 5) is 2.30. The first-order valence-electron chi connectivity index (χ1n) is 8.46. The Morgan fingerprint density at radius 2 is 1.81 bits per heavy atom. The highest BCUT2D eigenvalue weighted by Crippen LogP contribution is 2.43. The van der Waals surface area contributed by atoms with E-state index in [4.69, 9.17) is 9.47 Å². The van der Waals surface area contributed by atoms with Gasteiger partial charge in [0, 0.05) is 28.7 Å².